The molecule has 0 radical (unpaired) electrons. The number of esters is 1. The van der Waals surface area contributed by atoms with Gasteiger partial charge >= 0.3 is 5.97 Å². The minimum absolute atomic E-state index is 0.0258. The summed E-state index contributed by atoms with van der Waals surface area (Å²) in [5.41, 5.74) is 1.69. The van der Waals surface area contributed by atoms with E-state index in [0.717, 1.165) is 19.6 Å². The quantitative estimate of drug-likeness (QED) is 0.782. The van der Waals surface area contributed by atoms with Crippen LogP contribution in [-0.2, 0) is 16.1 Å². The summed E-state index contributed by atoms with van der Waals surface area (Å²) in [6.45, 7) is 3.02. The number of nitrogens with zero attached hydrogens (tertiary/aromatic N) is 1. The molecule has 4 rings (SSSR count). The van der Waals surface area contributed by atoms with Gasteiger partial charge in [-0.1, -0.05) is 43.2 Å². The summed E-state index contributed by atoms with van der Waals surface area (Å²) in [5, 5.41) is 0. The second-order valence-corrected chi connectivity index (χ2v) is 7.06. The SMILES string of the molecule is O=C1C[C@H]2[C@H](CN(Cc3ccccc3)CC23CCCC3)O1. The van der Waals surface area contributed by atoms with E-state index in [1.165, 1.54) is 31.2 Å². The molecule has 2 heterocycles. The summed E-state index contributed by atoms with van der Waals surface area (Å²) in [6.07, 6.45) is 5.97. The lowest BCUT2D eigenvalue weighted by Crippen LogP contribution is -2.53. The number of ether oxygens (including phenoxy) is 1. The Kier molecular flexibility index (Phi) is 3.26. The Morgan fingerprint density at radius 1 is 1.19 bits per heavy atom. The largest absolute Gasteiger partial charge is 0.461 e. The van der Waals surface area contributed by atoms with Crippen LogP contribution in [0.5, 0.6) is 0 Å². The maximum atomic E-state index is 11.8. The lowest BCUT2D eigenvalue weighted by atomic mass is 9.68. The summed E-state index contributed by atoms with van der Waals surface area (Å²) in [4.78, 5) is 14.3. The fraction of sp³-hybridized carbons (Fsp3) is 0.611. The fourth-order valence-electron chi connectivity index (χ4n) is 4.84. The van der Waals surface area contributed by atoms with Crippen LogP contribution in [0.3, 0.4) is 0 Å². The van der Waals surface area contributed by atoms with Gasteiger partial charge in [0, 0.05) is 25.6 Å². The standard InChI is InChI=1S/C18H23NO2/c20-17-10-15-16(21-17)12-19(11-14-6-2-1-3-7-14)13-18(15)8-4-5-9-18/h1-3,6-7,15-16H,4-5,8-13H2/t15-,16-/m0/s1. The molecule has 1 aliphatic carbocycles. The molecular weight excluding hydrogens is 262 g/mol. The van der Waals surface area contributed by atoms with E-state index in [2.05, 4.69) is 35.2 Å². The first kappa shape index (κ1) is 13.3. The van der Waals surface area contributed by atoms with Crippen molar-refractivity contribution in [3.05, 3.63) is 35.9 Å². The van der Waals surface area contributed by atoms with Gasteiger partial charge < -0.3 is 4.74 Å². The number of piperidine rings is 1. The average Bonchev–Trinajstić information content (AvgIpc) is 3.07. The number of benzene rings is 1. The molecule has 3 fully saturated rings. The van der Waals surface area contributed by atoms with Crippen molar-refractivity contribution in [3.63, 3.8) is 0 Å². The maximum Gasteiger partial charge on any atom is 0.306 e. The minimum atomic E-state index is 0.0258. The van der Waals surface area contributed by atoms with E-state index < -0.39 is 0 Å². The van der Waals surface area contributed by atoms with Crippen molar-refractivity contribution in [3.8, 4) is 0 Å². The third kappa shape index (κ3) is 2.38. The van der Waals surface area contributed by atoms with Gasteiger partial charge in [0.25, 0.3) is 0 Å². The zero-order valence-electron chi connectivity index (χ0n) is 12.5. The molecule has 2 saturated heterocycles. The van der Waals surface area contributed by atoms with Gasteiger partial charge in [-0.05, 0) is 23.8 Å². The number of carbonyl (C=O) groups excluding carboxylic acids is 1. The normalized spacial score (nSPS) is 31.3. The first-order chi connectivity index (χ1) is 10.3. The van der Waals surface area contributed by atoms with E-state index in [-0.39, 0.29) is 12.1 Å². The number of carbonyl (C=O) groups is 1. The highest BCUT2D eigenvalue weighted by Crippen LogP contribution is 2.52. The fourth-order valence-corrected chi connectivity index (χ4v) is 4.84. The summed E-state index contributed by atoms with van der Waals surface area (Å²) < 4.78 is 5.64. The minimum Gasteiger partial charge on any atom is -0.461 e. The number of hydrogen-bond donors (Lipinski definition) is 0. The predicted molar refractivity (Wildman–Crippen MR) is 80.6 cm³/mol. The first-order valence-corrected chi connectivity index (χ1v) is 8.21. The Hall–Kier alpha value is -1.35. The molecule has 0 bridgehead atoms. The van der Waals surface area contributed by atoms with Crippen molar-refractivity contribution in [2.45, 2.75) is 44.8 Å². The van der Waals surface area contributed by atoms with Gasteiger partial charge in [0.05, 0.1) is 6.42 Å². The third-order valence-electron chi connectivity index (χ3n) is 5.73. The van der Waals surface area contributed by atoms with E-state index in [0.29, 0.717) is 17.8 Å². The molecule has 3 aliphatic rings. The molecule has 21 heavy (non-hydrogen) atoms. The van der Waals surface area contributed by atoms with Crippen LogP contribution in [0.15, 0.2) is 30.3 Å². The molecule has 3 nitrogen and oxygen atoms in total. The molecule has 2 atom stereocenters. The Labute approximate surface area is 126 Å². The molecule has 2 aliphatic heterocycles. The highest BCUT2D eigenvalue weighted by molar-refractivity contribution is 5.72. The van der Waals surface area contributed by atoms with Crippen LogP contribution in [0.2, 0.25) is 0 Å². The Morgan fingerprint density at radius 2 is 1.95 bits per heavy atom. The molecule has 3 heteroatoms. The van der Waals surface area contributed by atoms with Crippen molar-refractivity contribution < 1.29 is 9.53 Å². The van der Waals surface area contributed by atoms with E-state index in [9.17, 15) is 4.79 Å². The van der Waals surface area contributed by atoms with E-state index in [4.69, 9.17) is 4.74 Å². The smallest absolute Gasteiger partial charge is 0.306 e. The van der Waals surface area contributed by atoms with Crippen LogP contribution in [0.4, 0.5) is 0 Å². The molecular formula is C18H23NO2. The van der Waals surface area contributed by atoms with Crippen LogP contribution < -0.4 is 0 Å². The van der Waals surface area contributed by atoms with Gasteiger partial charge in [-0.15, -0.1) is 0 Å². The number of rotatable bonds is 2. The van der Waals surface area contributed by atoms with Crippen molar-refractivity contribution in [1.82, 2.24) is 4.90 Å². The highest BCUT2D eigenvalue weighted by atomic mass is 16.6. The van der Waals surface area contributed by atoms with Crippen molar-refractivity contribution in [2.75, 3.05) is 13.1 Å². The van der Waals surface area contributed by atoms with Gasteiger partial charge in [-0.2, -0.15) is 0 Å². The molecule has 0 unspecified atom stereocenters. The number of likely N-dealkylation sites (tertiary alicyclic amines) is 1. The summed E-state index contributed by atoms with van der Waals surface area (Å²) >= 11 is 0. The summed E-state index contributed by atoms with van der Waals surface area (Å²) in [5.74, 6) is 0.498. The van der Waals surface area contributed by atoms with Gasteiger partial charge in [0.15, 0.2) is 0 Å². The Bertz CT molecular complexity index is 521. The molecule has 0 aromatic heterocycles. The van der Waals surface area contributed by atoms with Gasteiger partial charge in [0.2, 0.25) is 0 Å². The Morgan fingerprint density at radius 3 is 2.71 bits per heavy atom. The van der Waals surface area contributed by atoms with Crippen LogP contribution in [-0.4, -0.2) is 30.1 Å². The zero-order chi connectivity index (χ0) is 14.3. The lowest BCUT2D eigenvalue weighted by Gasteiger charge is -2.47. The lowest BCUT2D eigenvalue weighted by molar-refractivity contribution is -0.143. The average molecular weight is 285 g/mol. The van der Waals surface area contributed by atoms with E-state index >= 15 is 0 Å². The van der Waals surface area contributed by atoms with Crippen molar-refractivity contribution >= 4 is 5.97 Å². The molecule has 1 spiro atoms. The van der Waals surface area contributed by atoms with Crippen molar-refractivity contribution in [1.29, 1.82) is 0 Å². The maximum absolute atomic E-state index is 11.8. The predicted octanol–water partition coefficient (Wildman–Crippen LogP) is 2.99. The Balaban J connectivity index is 1.56. The van der Waals surface area contributed by atoms with Crippen LogP contribution in [0, 0.1) is 11.3 Å². The molecule has 1 saturated carbocycles. The third-order valence-corrected chi connectivity index (χ3v) is 5.73. The molecule has 112 valence electrons. The van der Waals surface area contributed by atoms with Gasteiger partial charge in [-0.3, -0.25) is 9.69 Å². The topological polar surface area (TPSA) is 29.5 Å². The summed E-state index contributed by atoms with van der Waals surface area (Å²) in [6, 6.07) is 10.6. The number of fused-ring (bicyclic) bond motifs is 2. The van der Waals surface area contributed by atoms with Crippen LogP contribution >= 0.6 is 0 Å². The van der Waals surface area contributed by atoms with E-state index in [1.54, 1.807) is 0 Å². The van der Waals surface area contributed by atoms with Gasteiger partial charge in [-0.25, -0.2) is 0 Å². The first-order valence-electron chi connectivity index (χ1n) is 8.21. The van der Waals surface area contributed by atoms with E-state index in [1.807, 2.05) is 0 Å². The summed E-state index contributed by atoms with van der Waals surface area (Å²) in [7, 11) is 0. The highest BCUT2D eigenvalue weighted by Gasteiger charge is 2.54. The van der Waals surface area contributed by atoms with Crippen LogP contribution in [0.1, 0.15) is 37.7 Å². The molecule has 1 aromatic rings. The number of hydrogen-bond acceptors (Lipinski definition) is 3. The second kappa shape index (κ2) is 5.13. The molecule has 0 N–H and O–H groups in total. The monoisotopic (exact) mass is 285 g/mol. The molecule has 1 aromatic carbocycles. The van der Waals surface area contributed by atoms with Crippen molar-refractivity contribution in [2.24, 2.45) is 11.3 Å². The second-order valence-electron chi connectivity index (χ2n) is 7.06. The van der Waals surface area contributed by atoms with Crippen LogP contribution in [0.25, 0.3) is 0 Å². The zero-order valence-corrected chi connectivity index (χ0v) is 12.5. The molecule has 0 amide bonds. The van der Waals surface area contributed by atoms with Gasteiger partial charge in [0.1, 0.15) is 6.10 Å².